The van der Waals surface area contributed by atoms with Crippen LogP contribution >= 0.6 is 0 Å². The average Bonchev–Trinajstić information content (AvgIpc) is 2.61. The number of fused-ring (bicyclic) bond motifs is 1. The van der Waals surface area contributed by atoms with E-state index in [-0.39, 0.29) is 31.6 Å². The number of benzene rings is 2. The molecule has 0 aliphatic rings. The van der Waals surface area contributed by atoms with Crippen LogP contribution in [-0.4, -0.2) is 15.9 Å². The molecular formula is C27H32IrNO2-. The molecule has 0 saturated carbocycles. The first-order chi connectivity index (χ1) is 13.9. The summed E-state index contributed by atoms with van der Waals surface area (Å²) in [6, 6.07) is 10.0. The van der Waals surface area contributed by atoms with Crippen molar-refractivity contribution in [2.45, 2.75) is 62.3 Å². The second-order valence-electron chi connectivity index (χ2n) is 8.20. The zero-order valence-electron chi connectivity index (χ0n) is 19.9. The Hall–Kier alpha value is -2.29. The summed E-state index contributed by atoms with van der Waals surface area (Å²) in [7, 11) is 0. The van der Waals surface area contributed by atoms with E-state index >= 15 is 0 Å². The molecule has 1 aromatic heterocycles. The molecule has 3 nitrogen and oxygen atoms in total. The quantitative estimate of drug-likeness (QED) is 0.200. The Labute approximate surface area is 200 Å². The van der Waals surface area contributed by atoms with Crippen LogP contribution in [0.25, 0.3) is 22.2 Å². The number of hydrogen-bond acceptors (Lipinski definition) is 3. The molecule has 1 heterocycles. The topological polar surface area (TPSA) is 50.2 Å². The van der Waals surface area contributed by atoms with Crippen molar-refractivity contribution in [3.8, 4) is 11.3 Å². The Bertz CT molecular complexity index is 1140. The van der Waals surface area contributed by atoms with Gasteiger partial charge in [-0.15, -0.1) is 34.9 Å². The van der Waals surface area contributed by atoms with Crippen molar-refractivity contribution >= 4 is 16.7 Å². The molecule has 3 rings (SSSR count). The average molecular weight is 595 g/mol. The minimum atomic E-state index is -0.125. The van der Waals surface area contributed by atoms with E-state index in [2.05, 4.69) is 72.7 Å². The number of pyridine rings is 1. The number of hydrogen-bond donors (Lipinski definition) is 1. The van der Waals surface area contributed by atoms with Crippen LogP contribution in [0.2, 0.25) is 0 Å². The Morgan fingerprint density at radius 2 is 1.48 bits per heavy atom. The summed E-state index contributed by atoms with van der Waals surface area (Å²) in [5.74, 6) is -0.0625. The van der Waals surface area contributed by atoms with Crippen molar-refractivity contribution in [3.05, 3.63) is 75.0 Å². The van der Waals surface area contributed by atoms with E-state index in [4.69, 9.17) is 10.1 Å². The van der Waals surface area contributed by atoms with Crippen molar-refractivity contribution in [1.82, 2.24) is 4.98 Å². The number of carbonyl (C=O) groups is 1. The maximum atomic E-state index is 10.0. The molecule has 4 heteroatoms. The summed E-state index contributed by atoms with van der Waals surface area (Å²) in [4.78, 5) is 15.0. The predicted molar refractivity (Wildman–Crippen MR) is 126 cm³/mol. The smallest absolute Gasteiger partial charge is 0.155 e. The minimum absolute atomic E-state index is 0. The molecule has 0 aliphatic carbocycles. The van der Waals surface area contributed by atoms with Gasteiger partial charge >= 0.3 is 0 Å². The van der Waals surface area contributed by atoms with E-state index in [0.717, 1.165) is 22.3 Å². The van der Waals surface area contributed by atoms with Crippen LogP contribution in [0.1, 0.15) is 52.8 Å². The van der Waals surface area contributed by atoms with E-state index < -0.39 is 0 Å². The first-order valence-corrected chi connectivity index (χ1v) is 10.2. The van der Waals surface area contributed by atoms with Gasteiger partial charge in [0.05, 0.1) is 11.3 Å². The Morgan fingerprint density at radius 3 is 1.97 bits per heavy atom. The van der Waals surface area contributed by atoms with Crippen LogP contribution in [0.3, 0.4) is 0 Å². The van der Waals surface area contributed by atoms with Gasteiger partial charge in [-0.3, -0.25) is 9.78 Å². The van der Waals surface area contributed by atoms with Gasteiger partial charge in [0.15, 0.2) is 5.78 Å². The van der Waals surface area contributed by atoms with E-state index in [1.165, 1.54) is 58.7 Å². The van der Waals surface area contributed by atoms with Gasteiger partial charge in [0.2, 0.25) is 0 Å². The number of aliphatic hydroxyl groups is 1. The Morgan fingerprint density at radius 1 is 0.903 bits per heavy atom. The van der Waals surface area contributed by atoms with Gasteiger partial charge in [-0.1, -0.05) is 19.4 Å². The van der Waals surface area contributed by atoms with Crippen LogP contribution in [0.4, 0.5) is 0 Å². The number of allylic oxidation sites excluding steroid dienone is 2. The zero-order valence-corrected chi connectivity index (χ0v) is 22.3. The van der Waals surface area contributed by atoms with Crippen molar-refractivity contribution in [3.63, 3.8) is 0 Å². The van der Waals surface area contributed by atoms with Gasteiger partial charge in [-0.05, 0) is 82.5 Å². The van der Waals surface area contributed by atoms with Gasteiger partial charge in [-0.2, -0.15) is 0 Å². The van der Waals surface area contributed by atoms with E-state index in [1.807, 2.05) is 0 Å². The zero-order chi connectivity index (χ0) is 22.7. The van der Waals surface area contributed by atoms with Gasteiger partial charge < -0.3 is 5.11 Å². The first kappa shape index (κ1) is 26.7. The molecule has 1 radical (unpaired) electrons. The molecule has 0 aliphatic heterocycles. The molecule has 167 valence electrons. The van der Waals surface area contributed by atoms with E-state index in [1.54, 1.807) is 0 Å². The Kier molecular flexibility index (Phi) is 9.35. The summed E-state index contributed by atoms with van der Waals surface area (Å²) in [5.41, 5.74) is 12.3. The van der Waals surface area contributed by atoms with Crippen LogP contribution in [-0.2, 0) is 24.9 Å². The van der Waals surface area contributed by atoms with Crippen LogP contribution in [0.15, 0.2) is 30.0 Å². The summed E-state index contributed by atoms with van der Waals surface area (Å²) in [6.45, 7) is 18.0. The van der Waals surface area contributed by atoms with Gasteiger partial charge in [0, 0.05) is 31.6 Å². The number of rotatable bonds is 2. The van der Waals surface area contributed by atoms with Crippen molar-refractivity contribution < 1.29 is 30.0 Å². The van der Waals surface area contributed by atoms with Crippen LogP contribution < -0.4 is 0 Å². The first-order valence-electron chi connectivity index (χ1n) is 10.2. The molecule has 3 aromatic rings. The summed E-state index contributed by atoms with van der Waals surface area (Å²) in [5, 5.41) is 9.67. The van der Waals surface area contributed by atoms with Gasteiger partial charge in [0.1, 0.15) is 0 Å². The standard InChI is InChI=1S/C22H24N.C5H8O2.Ir/c1-12-8-13(2)10-19(9-12)22-18(7)17(6)21-16(5)15(4)14(3)11-20(21)23-22;1-4(6)3-5(2)7;/h8-9,11H,1-7H3;3,6H,1-2H3;/q-1;;/b;4-3-;. The maximum absolute atomic E-state index is 10.0. The molecule has 0 bridgehead atoms. The number of aromatic nitrogens is 1. The molecule has 0 amide bonds. The maximum Gasteiger partial charge on any atom is 0.155 e. The van der Waals surface area contributed by atoms with Crippen molar-refractivity contribution in [2.24, 2.45) is 0 Å². The number of aryl methyl sites for hydroxylation is 5. The molecule has 1 N–H and O–H groups in total. The molecule has 0 saturated heterocycles. The monoisotopic (exact) mass is 595 g/mol. The number of aliphatic hydroxyl groups excluding tert-OH is 1. The third kappa shape index (κ3) is 6.35. The van der Waals surface area contributed by atoms with Crippen LogP contribution in [0, 0.1) is 54.5 Å². The SMILES string of the molecule is CC(=O)/C=C(/C)O.Cc1[c-]c(-c2nc3cc(C)c(C)c(C)c3c(C)c2C)cc(C)c1.[Ir]. The number of ketones is 1. The van der Waals surface area contributed by atoms with Crippen LogP contribution in [0.5, 0.6) is 0 Å². The van der Waals surface area contributed by atoms with Gasteiger partial charge in [0.25, 0.3) is 0 Å². The third-order valence-corrected chi connectivity index (χ3v) is 5.48. The summed E-state index contributed by atoms with van der Waals surface area (Å²) >= 11 is 0. The summed E-state index contributed by atoms with van der Waals surface area (Å²) in [6.07, 6.45) is 1.17. The fraction of sp³-hybridized carbons (Fsp3) is 0.333. The molecule has 2 aromatic carbocycles. The second kappa shape index (κ2) is 10.8. The Balaban J connectivity index is 0.000000523. The normalized spacial score (nSPS) is 10.9. The summed E-state index contributed by atoms with van der Waals surface area (Å²) < 4.78 is 0. The fourth-order valence-corrected chi connectivity index (χ4v) is 3.77. The molecule has 0 spiro atoms. The van der Waals surface area contributed by atoms with E-state index in [0.29, 0.717) is 0 Å². The number of carbonyl (C=O) groups excluding carboxylic acids is 1. The van der Waals surface area contributed by atoms with Gasteiger partial charge in [-0.25, -0.2) is 0 Å². The van der Waals surface area contributed by atoms with Crippen molar-refractivity contribution in [2.75, 3.05) is 0 Å². The third-order valence-electron chi connectivity index (χ3n) is 5.48. The minimum Gasteiger partial charge on any atom is -0.512 e. The van der Waals surface area contributed by atoms with E-state index in [9.17, 15) is 4.79 Å². The number of nitrogens with zero attached hydrogens (tertiary/aromatic N) is 1. The molecule has 0 fully saturated rings. The second-order valence-corrected chi connectivity index (χ2v) is 8.20. The largest absolute Gasteiger partial charge is 0.512 e. The molecule has 0 atom stereocenters. The molecule has 0 unspecified atom stereocenters. The fourth-order valence-electron chi connectivity index (χ4n) is 3.77. The molecule has 31 heavy (non-hydrogen) atoms. The van der Waals surface area contributed by atoms with Crippen molar-refractivity contribution in [1.29, 1.82) is 0 Å². The predicted octanol–water partition coefficient (Wildman–Crippen LogP) is 6.90. The molecular weight excluding hydrogens is 563 g/mol.